The highest BCUT2D eigenvalue weighted by atomic mass is 16.5. The summed E-state index contributed by atoms with van der Waals surface area (Å²) in [6, 6.07) is 10.9. The number of morpholine rings is 1. The van der Waals surface area contributed by atoms with Crippen molar-refractivity contribution >= 4 is 17.6 Å². The molecule has 3 amide bonds. The highest BCUT2D eigenvalue weighted by molar-refractivity contribution is 5.92. The van der Waals surface area contributed by atoms with Crippen molar-refractivity contribution in [2.45, 2.75) is 19.9 Å². The number of nitrogens with zero attached hydrogens (tertiary/aromatic N) is 3. The van der Waals surface area contributed by atoms with E-state index in [1.165, 1.54) is 0 Å². The number of pyridine rings is 1. The van der Waals surface area contributed by atoms with Crippen LogP contribution in [-0.4, -0.2) is 72.7 Å². The Morgan fingerprint density at radius 2 is 1.94 bits per heavy atom. The predicted octanol–water partition coefficient (Wildman–Crippen LogP) is 2.26. The molecule has 8 heteroatoms. The quantitative estimate of drug-likeness (QED) is 0.644. The highest BCUT2D eigenvalue weighted by Gasteiger charge is 2.16. The minimum Gasteiger partial charge on any atom is -0.379 e. The Bertz CT molecular complexity index is 840. The van der Waals surface area contributed by atoms with E-state index in [-0.39, 0.29) is 12.5 Å². The minimum atomic E-state index is -0.392. The van der Waals surface area contributed by atoms with Gasteiger partial charge in [0.25, 0.3) is 0 Å². The van der Waals surface area contributed by atoms with Crippen molar-refractivity contribution in [1.29, 1.82) is 0 Å². The zero-order chi connectivity index (χ0) is 21.9. The molecule has 31 heavy (non-hydrogen) atoms. The molecule has 2 aromatic rings. The number of aromatic nitrogens is 1. The number of rotatable bonds is 9. The Morgan fingerprint density at radius 3 is 2.68 bits per heavy atom. The van der Waals surface area contributed by atoms with Crippen LogP contribution in [0.2, 0.25) is 0 Å². The SMILES string of the molecule is Cc1cccc(NC(=O)NCC(=O)N(CCCN2CCOCC2)Cc2ccncc2)c1. The van der Waals surface area contributed by atoms with E-state index in [4.69, 9.17) is 4.74 Å². The Morgan fingerprint density at radius 1 is 1.16 bits per heavy atom. The van der Waals surface area contributed by atoms with Gasteiger partial charge < -0.3 is 20.3 Å². The van der Waals surface area contributed by atoms with Gasteiger partial charge in [0, 0.05) is 50.8 Å². The number of nitrogens with one attached hydrogen (secondary N) is 2. The normalized spacial score (nSPS) is 14.1. The van der Waals surface area contributed by atoms with E-state index >= 15 is 0 Å². The van der Waals surface area contributed by atoms with Gasteiger partial charge in [0.15, 0.2) is 0 Å². The Balaban J connectivity index is 1.51. The molecule has 1 aromatic carbocycles. The maximum Gasteiger partial charge on any atom is 0.319 e. The number of carbonyl (C=O) groups is 2. The first-order valence-corrected chi connectivity index (χ1v) is 10.7. The molecule has 1 saturated heterocycles. The molecule has 166 valence electrons. The number of anilines is 1. The van der Waals surface area contributed by atoms with Gasteiger partial charge in [0.05, 0.1) is 19.8 Å². The molecule has 0 saturated carbocycles. The van der Waals surface area contributed by atoms with Crippen molar-refractivity contribution in [1.82, 2.24) is 20.1 Å². The standard InChI is InChI=1S/C23H31N5O3/c1-19-4-2-5-21(16-19)26-23(30)25-17-22(29)28(18-20-6-8-24-9-7-20)11-3-10-27-12-14-31-15-13-27/h2,4-9,16H,3,10-15,17-18H2,1H3,(H2,25,26,30). The lowest BCUT2D eigenvalue weighted by Gasteiger charge is -2.28. The van der Waals surface area contributed by atoms with Crippen molar-refractivity contribution in [2.75, 3.05) is 51.3 Å². The molecule has 0 spiro atoms. The summed E-state index contributed by atoms with van der Waals surface area (Å²) in [6.07, 6.45) is 4.31. The van der Waals surface area contributed by atoms with Gasteiger partial charge in [-0.2, -0.15) is 0 Å². The van der Waals surface area contributed by atoms with Gasteiger partial charge in [0.1, 0.15) is 0 Å². The van der Waals surface area contributed by atoms with Crippen LogP contribution in [0.3, 0.4) is 0 Å². The lowest BCUT2D eigenvalue weighted by atomic mass is 10.2. The van der Waals surface area contributed by atoms with E-state index in [9.17, 15) is 9.59 Å². The number of urea groups is 1. The van der Waals surface area contributed by atoms with Crippen LogP contribution in [0.5, 0.6) is 0 Å². The Kier molecular flexibility index (Phi) is 8.81. The molecule has 8 nitrogen and oxygen atoms in total. The number of hydrogen-bond acceptors (Lipinski definition) is 5. The molecule has 1 aliphatic heterocycles. The summed E-state index contributed by atoms with van der Waals surface area (Å²) in [5.41, 5.74) is 2.76. The van der Waals surface area contributed by atoms with E-state index in [0.717, 1.165) is 50.4 Å². The molecule has 3 rings (SSSR count). The number of aryl methyl sites for hydroxylation is 1. The maximum absolute atomic E-state index is 12.9. The van der Waals surface area contributed by atoms with Gasteiger partial charge in [-0.15, -0.1) is 0 Å². The monoisotopic (exact) mass is 425 g/mol. The summed E-state index contributed by atoms with van der Waals surface area (Å²) in [6.45, 7) is 7.33. The van der Waals surface area contributed by atoms with Crippen LogP contribution in [0.25, 0.3) is 0 Å². The summed E-state index contributed by atoms with van der Waals surface area (Å²) in [5.74, 6) is -0.113. The predicted molar refractivity (Wildman–Crippen MR) is 120 cm³/mol. The average molecular weight is 426 g/mol. The van der Waals surface area contributed by atoms with E-state index < -0.39 is 6.03 Å². The molecule has 1 aliphatic rings. The fourth-order valence-electron chi connectivity index (χ4n) is 3.48. The summed E-state index contributed by atoms with van der Waals surface area (Å²) in [4.78, 5) is 33.3. The number of hydrogen-bond donors (Lipinski definition) is 2. The smallest absolute Gasteiger partial charge is 0.319 e. The molecule has 1 fully saturated rings. The van der Waals surface area contributed by atoms with Crippen LogP contribution in [0.1, 0.15) is 17.5 Å². The zero-order valence-corrected chi connectivity index (χ0v) is 18.0. The molecule has 2 heterocycles. The zero-order valence-electron chi connectivity index (χ0n) is 18.0. The molecule has 1 aromatic heterocycles. The third kappa shape index (κ3) is 7.99. The molecule has 0 aliphatic carbocycles. The van der Waals surface area contributed by atoms with Gasteiger partial charge in [-0.25, -0.2) is 4.79 Å². The fourth-order valence-corrected chi connectivity index (χ4v) is 3.48. The van der Waals surface area contributed by atoms with Gasteiger partial charge in [-0.1, -0.05) is 12.1 Å². The number of carbonyl (C=O) groups excluding carboxylic acids is 2. The lowest BCUT2D eigenvalue weighted by Crippen LogP contribution is -2.43. The van der Waals surface area contributed by atoms with Gasteiger partial charge >= 0.3 is 6.03 Å². The van der Waals surface area contributed by atoms with Crippen molar-refractivity contribution in [3.05, 3.63) is 59.9 Å². The van der Waals surface area contributed by atoms with Crippen molar-refractivity contribution < 1.29 is 14.3 Å². The number of benzene rings is 1. The van der Waals surface area contributed by atoms with Crippen molar-refractivity contribution in [3.8, 4) is 0 Å². The highest BCUT2D eigenvalue weighted by Crippen LogP contribution is 2.09. The van der Waals surface area contributed by atoms with Gasteiger partial charge in [-0.3, -0.25) is 14.7 Å². The molecule has 0 unspecified atom stereocenters. The van der Waals surface area contributed by atoms with E-state index in [1.807, 2.05) is 43.3 Å². The van der Waals surface area contributed by atoms with Crippen molar-refractivity contribution in [3.63, 3.8) is 0 Å². The second-order valence-electron chi connectivity index (χ2n) is 7.66. The summed E-state index contributed by atoms with van der Waals surface area (Å²) in [5, 5.41) is 5.44. The molecule has 2 N–H and O–H groups in total. The average Bonchev–Trinajstić information content (AvgIpc) is 2.78. The first kappa shape index (κ1) is 22.7. The molecule has 0 bridgehead atoms. The van der Waals surface area contributed by atoms with Gasteiger partial charge in [0.2, 0.25) is 5.91 Å². The van der Waals surface area contributed by atoms with E-state index in [1.54, 1.807) is 17.3 Å². The molecule has 0 radical (unpaired) electrons. The first-order valence-electron chi connectivity index (χ1n) is 10.7. The fraction of sp³-hybridized carbons (Fsp3) is 0.435. The van der Waals surface area contributed by atoms with Crippen LogP contribution < -0.4 is 10.6 Å². The topological polar surface area (TPSA) is 86.8 Å². The van der Waals surface area contributed by atoms with Crippen LogP contribution >= 0.6 is 0 Å². The molecular formula is C23H31N5O3. The largest absolute Gasteiger partial charge is 0.379 e. The number of ether oxygens (including phenoxy) is 1. The summed E-state index contributed by atoms with van der Waals surface area (Å²) < 4.78 is 5.39. The van der Waals surface area contributed by atoms with Gasteiger partial charge in [-0.05, 0) is 48.7 Å². The Hall–Kier alpha value is -2.97. The summed E-state index contributed by atoms with van der Waals surface area (Å²) >= 11 is 0. The van der Waals surface area contributed by atoms with Crippen LogP contribution in [0.15, 0.2) is 48.8 Å². The van der Waals surface area contributed by atoms with Crippen LogP contribution in [-0.2, 0) is 16.1 Å². The lowest BCUT2D eigenvalue weighted by molar-refractivity contribution is -0.130. The van der Waals surface area contributed by atoms with Crippen LogP contribution in [0, 0.1) is 6.92 Å². The maximum atomic E-state index is 12.9. The summed E-state index contributed by atoms with van der Waals surface area (Å²) in [7, 11) is 0. The molecular weight excluding hydrogens is 394 g/mol. The second-order valence-corrected chi connectivity index (χ2v) is 7.66. The minimum absolute atomic E-state index is 0.0553. The third-order valence-corrected chi connectivity index (χ3v) is 5.16. The third-order valence-electron chi connectivity index (χ3n) is 5.16. The van der Waals surface area contributed by atoms with Crippen molar-refractivity contribution in [2.24, 2.45) is 0 Å². The Labute approximate surface area is 183 Å². The van der Waals surface area contributed by atoms with E-state index in [0.29, 0.717) is 18.8 Å². The van der Waals surface area contributed by atoms with E-state index in [2.05, 4.69) is 20.5 Å². The van der Waals surface area contributed by atoms with Crippen LogP contribution in [0.4, 0.5) is 10.5 Å². The number of amides is 3. The molecule has 0 atom stereocenters. The first-order chi connectivity index (χ1) is 15.1. The second kappa shape index (κ2) is 12.0.